The number of quaternary nitrogens is 1. The first-order valence-corrected chi connectivity index (χ1v) is 11.5. The monoisotopic (exact) mass is 421 g/mol. The number of aromatic nitrogens is 2. The number of carbonyl (C=O) groups is 1. The lowest BCUT2D eigenvalue weighted by atomic mass is 10.1. The fraction of sp³-hybridized carbons (Fsp3) is 0.333. The molecule has 0 radical (unpaired) electrons. The molecule has 0 aliphatic carbocycles. The molecule has 1 fully saturated rings. The number of nitrogens with zero attached hydrogens (tertiary/aromatic N) is 3. The highest BCUT2D eigenvalue weighted by molar-refractivity contribution is 7.99. The number of amides is 1. The minimum absolute atomic E-state index is 0.204. The van der Waals surface area contributed by atoms with Crippen LogP contribution in [0.5, 0.6) is 0 Å². The average molecular weight is 422 g/mol. The quantitative estimate of drug-likeness (QED) is 0.623. The number of nitrogens with one attached hydrogen (secondary N) is 1. The molecule has 0 bridgehead atoms. The number of imidazole rings is 1. The molecule has 1 aliphatic rings. The predicted octanol–water partition coefficient (Wildman–Crippen LogP) is 2.67. The smallest absolute Gasteiger partial charge is 0.233 e. The van der Waals surface area contributed by atoms with Crippen LogP contribution in [0.2, 0.25) is 0 Å². The van der Waals surface area contributed by atoms with Crippen molar-refractivity contribution >= 4 is 17.7 Å². The lowest BCUT2D eigenvalue weighted by Gasteiger charge is -2.35. The molecule has 1 amide bonds. The Morgan fingerprint density at radius 2 is 1.70 bits per heavy atom. The van der Waals surface area contributed by atoms with Gasteiger partial charge in [-0.1, -0.05) is 72.4 Å². The lowest BCUT2D eigenvalue weighted by Crippen LogP contribution is -3.14. The molecule has 1 aliphatic heterocycles. The third kappa shape index (κ3) is 4.60. The molecule has 5 nitrogen and oxygen atoms in total. The SMILES string of the molecule is C[C@H](c1ccccc1)[NH+]1CCN(C(=O)CSc2ncc(-c3ccccc3)n2C)CC1. The second-order valence-corrected chi connectivity index (χ2v) is 8.75. The first kappa shape index (κ1) is 20.7. The highest BCUT2D eigenvalue weighted by Crippen LogP contribution is 2.24. The van der Waals surface area contributed by atoms with E-state index in [1.54, 1.807) is 4.90 Å². The molecule has 6 heteroatoms. The molecule has 156 valence electrons. The van der Waals surface area contributed by atoms with Gasteiger partial charge in [-0.25, -0.2) is 4.98 Å². The van der Waals surface area contributed by atoms with Gasteiger partial charge >= 0.3 is 0 Å². The average Bonchev–Trinajstić information content (AvgIpc) is 3.18. The topological polar surface area (TPSA) is 42.6 Å². The molecular weight excluding hydrogens is 392 g/mol. The van der Waals surface area contributed by atoms with Crippen LogP contribution in [-0.4, -0.2) is 52.3 Å². The normalized spacial score (nSPS) is 15.9. The van der Waals surface area contributed by atoms with Crippen molar-refractivity contribution < 1.29 is 9.69 Å². The van der Waals surface area contributed by atoms with Gasteiger partial charge in [-0.15, -0.1) is 0 Å². The van der Waals surface area contributed by atoms with Crippen LogP contribution in [0.15, 0.2) is 72.0 Å². The van der Waals surface area contributed by atoms with Gasteiger partial charge in [-0.2, -0.15) is 0 Å². The number of rotatable bonds is 6. The van der Waals surface area contributed by atoms with Crippen LogP contribution in [-0.2, 0) is 11.8 Å². The van der Waals surface area contributed by atoms with Crippen LogP contribution in [0, 0.1) is 0 Å². The van der Waals surface area contributed by atoms with Gasteiger partial charge in [0.1, 0.15) is 6.04 Å². The zero-order chi connectivity index (χ0) is 20.9. The molecule has 3 aromatic rings. The first-order valence-electron chi connectivity index (χ1n) is 10.5. The van der Waals surface area contributed by atoms with Crippen molar-refractivity contribution in [2.24, 2.45) is 7.05 Å². The van der Waals surface area contributed by atoms with E-state index in [9.17, 15) is 4.79 Å². The van der Waals surface area contributed by atoms with Crippen molar-refractivity contribution in [2.45, 2.75) is 18.1 Å². The van der Waals surface area contributed by atoms with E-state index >= 15 is 0 Å². The van der Waals surface area contributed by atoms with Gasteiger partial charge in [0.25, 0.3) is 0 Å². The summed E-state index contributed by atoms with van der Waals surface area (Å²) in [5, 5.41) is 0.879. The Bertz CT molecular complexity index is 965. The Hall–Kier alpha value is -2.57. The Kier molecular flexibility index (Phi) is 6.55. The molecule has 4 rings (SSSR count). The van der Waals surface area contributed by atoms with Gasteiger partial charge in [0.2, 0.25) is 5.91 Å². The number of carbonyl (C=O) groups excluding carboxylic acids is 1. The summed E-state index contributed by atoms with van der Waals surface area (Å²) in [6.45, 7) is 5.91. The summed E-state index contributed by atoms with van der Waals surface area (Å²) in [5.74, 6) is 0.638. The highest BCUT2D eigenvalue weighted by Gasteiger charge is 2.27. The maximum Gasteiger partial charge on any atom is 0.233 e. The third-order valence-corrected chi connectivity index (χ3v) is 7.04. The predicted molar refractivity (Wildman–Crippen MR) is 122 cm³/mol. The fourth-order valence-electron chi connectivity index (χ4n) is 4.08. The third-order valence-electron chi connectivity index (χ3n) is 6.01. The van der Waals surface area contributed by atoms with Crippen molar-refractivity contribution in [3.05, 3.63) is 72.4 Å². The van der Waals surface area contributed by atoms with Crippen LogP contribution in [0.25, 0.3) is 11.3 Å². The Morgan fingerprint density at radius 1 is 1.07 bits per heavy atom. The van der Waals surface area contributed by atoms with Crippen molar-refractivity contribution in [1.29, 1.82) is 0 Å². The Morgan fingerprint density at radius 3 is 2.37 bits per heavy atom. The molecule has 1 saturated heterocycles. The molecule has 1 N–H and O–H groups in total. The molecule has 2 heterocycles. The summed E-state index contributed by atoms with van der Waals surface area (Å²) in [6.07, 6.45) is 1.88. The number of hydrogen-bond acceptors (Lipinski definition) is 3. The van der Waals surface area contributed by atoms with E-state index in [1.807, 2.05) is 36.3 Å². The number of piperazine rings is 1. The molecule has 0 saturated carbocycles. The van der Waals surface area contributed by atoms with Crippen molar-refractivity contribution in [3.8, 4) is 11.3 Å². The van der Waals surface area contributed by atoms with Crippen LogP contribution in [0.4, 0.5) is 0 Å². The summed E-state index contributed by atoms with van der Waals surface area (Å²) >= 11 is 1.52. The van der Waals surface area contributed by atoms with Crippen LogP contribution >= 0.6 is 11.8 Å². The molecule has 0 spiro atoms. The summed E-state index contributed by atoms with van der Waals surface area (Å²) in [7, 11) is 2.01. The van der Waals surface area contributed by atoms with E-state index in [-0.39, 0.29) is 5.91 Å². The second-order valence-electron chi connectivity index (χ2n) is 7.81. The summed E-state index contributed by atoms with van der Waals surface area (Å²) < 4.78 is 2.07. The van der Waals surface area contributed by atoms with Crippen LogP contribution < -0.4 is 4.90 Å². The highest BCUT2D eigenvalue weighted by atomic mass is 32.2. The van der Waals surface area contributed by atoms with Crippen molar-refractivity contribution in [1.82, 2.24) is 14.5 Å². The minimum Gasteiger partial charge on any atom is -0.331 e. The Balaban J connectivity index is 1.29. The zero-order valence-electron chi connectivity index (χ0n) is 17.6. The van der Waals surface area contributed by atoms with E-state index in [0.29, 0.717) is 11.8 Å². The van der Waals surface area contributed by atoms with Crippen LogP contribution in [0.1, 0.15) is 18.5 Å². The molecule has 1 atom stereocenters. The number of benzene rings is 2. The first-order chi connectivity index (χ1) is 14.6. The van der Waals surface area contributed by atoms with E-state index in [1.165, 1.54) is 17.3 Å². The van der Waals surface area contributed by atoms with Crippen molar-refractivity contribution in [3.63, 3.8) is 0 Å². The van der Waals surface area contributed by atoms with E-state index in [4.69, 9.17) is 0 Å². The fourth-order valence-corrected chi connectivity index (χ4v) is 4.93. The van der Waals surface area contributed by atoms with E-state index in [0.717, 1.165) is 42.6 Å². The standard InChI is InChI=1S/C24H28N4OS/c1-19(20-9-5-3-6-10-20)27-13-15-28(16-14-27)23(29)18-30-24-25-17-22(26(24)2)21-11-7-4-8-12-21/h3-12,17,19H,13-16,18H2,1-2H3/p+1/t19-/m1/s1. The van der Waals surface area contributed by atoms with Gasteiger partial charge in [-0.05, 0) is 12.5 Å². The number of hydrogen-bond donors (Lipinski definition) is 1. The van der Waals surface area contributed by atoms with E-state index in [2.05, 4.69) is 58.9 Å². The minimum atomic E-state index is 0.204. The van der Waals surface area contributed by atoms with Crippen LogP contribution in [0.3, 0.4) is 0 Å². The maximum atomic E-state index is 12.8. The second kappa shape index (κ2) is 9.49. The van der Waals surface area contributed by atoms with Gasteiger partial charge in [0, 0.05) is 12.6 Å². The van der Waals surface area contributed by atoms with Crippen molar-refractivity contribution in [2.75, 3.05) is 31.9 Å². The van der Waals surface area contributed by atoms with Gasteiger partial charge in [0.15, 0.2) is 5.16 Å². The zero-order valence-corrected chi connectivity index (χ0v) is 18.4. The summed E-state index contributed by atoms with van der Waals surface area (Å²) in [4.78, 5) is 20.9. The van der Waals surface area contributed by atoms with Gasteiger partial charge < -0.3 is 14.4 Å². The summed E-state index contributed by atoms with van der Waals surface area (Å²) in [5.41, 5.74) is 3.57. The maximum absolute atomic E-state index is 12.8. The molecule has 2 aromatic carbocycles. The van der Waals surface area contributed by atoms with E-state index < -0.39 is 0 Å². The summed E-state index contributed by atoms with van der Waals surface area (Å²) in [6, 6.07) is 21.3. The lowest BCUT2D eigenvalue weighted by molar-refractivity contribution is -0.933. The van der Waals surface area contributed by atoms with Gasteiger partial charge in [-0.3, -0.25) is 4.79 Å². The molecule has 1 aromatic heterocycles. The molecule has 0 unspecified atom stereocenters. The number of thioether (sulfide) groups is 1. The Labute approximate surface area is 182 Å². The van der Waals surface area contributed by atoms with Gasteiger partial charge in [0.05, 0.1) is 43.8 Å². The molecule has 30 heavy (non-hydrogen) atoms. The largest absolute Gasteiger partial charge is 0.331 e. The molecular formula is C24H29N4OS+.